The summed E-state index contributed by atoms with van der Waals surface area (Å²) in [7, 11) is 0. The maximum Gasteiger partial charge on any atom is 0.243 e. The minimum Gasteiger partial charge on any atom is -0.368 e. The number of hydrogen-bond donors (Lipinski definition) is 4. The zero-order valence-corrected chi connectivity index (χ0v) is 23.2. The normalized spacial score (nSPS) is 20.3. The van der Waals surface area contributed by atoms with Crippen molar-refractivity contribution in [3.63, 3.8) is 0 Å². The average Bonchev–Trinajstić information content (AvgIpc) is 3.41. The van der Waals surface area contributed by atoms with E-state index < -0.39 is 41.3 Å². The van der Waals surface area contributed by atoms with Gasteiger partial charge in [0.15, 0.2) is 0 Å². The zero-order chi connectivity index (χ0) is 28.7. The monoisotopic (exact) mass is 542 g/mol. The highest BCUT2D eigenvalue weighted by molar-refractivity contribution is 5.96. The second kappa shape index (κ2) is 13.1. The lowest BCUT2D eigenvalue weighted by molar-refractivity contribution is -0.147. The Kier molecular flexibility index (Phi) is 10.1. The van der Waals surface area contributed by atoms with Crippen LogP contribution in [0.15, 0.2) is 30.3 Å². The van der Waals surface area contributed by atoms with Gasteiger partial charge in [0, 0.05) is 19.6 Å². The predicted molar refractivity (Wildman–Crippen MR) is 146 cm³/mol. The van der Waals surface area contributed by atoms with Crippen LogP contribution < -0.4 is 22.1 Å². The first-order chi connectivity index (χ1) is 18.5. The molecule has 0 radical (unpaired) electrons. The number of carbonyl (C=O) groups is 5. The summed E-state index contributed by atoms with van der Waals surface area (Å²) >= 11 is 0. The van der Waals surface area contributed by atoms with Crippen molar-refractivity contribution < 1.29 is 24.0 Å². The molecule has 0 unspecified atom stereocenters. The van der Waals surface area contributed by atoms with Crippen molar-refractivity contribution >= 4 is 29.5 Å². The molecule has 0 spiro atoms. The lowest BCUT2D eigenvalue weighted by atomic mass is 9.71. The molecule has 11 heteroatoms. The van der Waals surface area contributed by atoms with Crippen molar-refractivity contribution in [3.8, 4) is 0 Å². The van der Waals surface area contributed by atoms with E-state index >= 15 is 0 Å². The van der Waals surface area contributed by atoms with Crippen molar-refractivity contribution in [2.45, 2.75) is 76.4 Å². The van der Waals surface area contributed by atoms with E-state index in [1.807, 2.05) is 44.2 Å². The van der Waals surface area contributed by atoms with Crippen LogP contribution in [-0.2, 0) is 29.4 Å². The molecule has 0 bridgehead atoms. The van der Waals surface area contributed by atoms with Gasteiger partial charge in [-0.1, -0.05) is 44.2 Å². The summed E-state index contributed by atoms with van der Waals surface area (Å²) in [4.78, 5) is 67.5. The van der Waals surface area contributed by atoms with Gasteiger partial charge >= 0.3 is 0 Å². The molecule has 2 aliphatic heterocycles. The van der Waals surface area contributed by atoms with E-state index in [0.29, 0.717) is 51.7 Å². The molecule has 0 saturated carbocycles. The fourth-order valence-electron chi connectivity index (χ4n) is 5.61. The number of benzene rings is 1. The number of primary amides is 1. The summed E-state index contributed by atoms with van der Waals surface area (Å²) in [6.45, 7) is 6.40. The van der Waals surface area contributed by atoms with Crippen LogP contribution >= 0.6 is 0 Å². The molecular weight excluding hydrogens is 500 g/mol. The number of nitrogens with two attached hydrogens (primary N) is 2. The smallest absolute Gasteiger partial charge is 0.243 e. The maximum atomic E-state index is 14.3. The van der Waals surface area contributed by atoms with Crippen LogP contribution in [0.4, 0.5) is 0 Å². The standard InChI is InChI=1S/C28H42N6O5/c1-18(2)16-21(24(36)31-17-23(30)35)32-25(37)22-10-7-13-34(22)27(39)28(20-8-5-4-6-9-20)11-14-33(15-12-28)26(38)19(3)29/h4-6,8-9,18-19,21-22H,7,10-17,29H2,1-3H3,(H2,30,35)(H,31,36)(H,32,37)/t19-,21-,22+/m1/s1. The van der Waals surface area contributed by atoms with Gasteiger partial charge in [-0.05, 0) is 50.5 Å². The second-order valence-electron chi connectivity index (χ2n) is 11.1. The van der Waals surface area contributed by atoms with Gasteiger partial charge < -0.3 is 31.9 Å². The highest BCUT2D eigenvalue weighted by Crippen LogP contribution is 2.39. The van der Waals surface area contributed by atoms with E-state index in [9.17, 15) is 24.0 Å². The molecule has 0 aliphatic carbocycles. The number of amides is 5. The Morgan fingerprint density at radius 3 is 2.23 bits per heavy atom. The van der Waals surface area contributed by atoms with Gasteiger partial charge in [-0.2, -0.15) is 0 Å². The molecule has 5 amide bonds. The summed E-state index contributed by atoms with van der Waals surface area (Å²) in [6.07, 6.45) is 2.35. The number of nitrogens with zero attached hydrogens (tertiary/aromatic N) is 2. The van der Waals surface area contributed by atoms with E-state index in [1.54, 1.807) is 16.7 Å². The van der Waals surface area contributed by atoms with Gasteiger partial charge in [0.05, 0.1) is 18.0 Å². The zero-order valence-electron chi connectivity index (χ0n) is 23.2. The number of likely N-dealkylation sites (tertiary alicyclic amines) is 2. The lowest BCUT2D eigenvalue weighted by Gasteiger charge is -2.44. The third-order valence-corrected chi connectivity index (χ3v) is 7.65. The summed E-state index contributed by atoms with van der Waals surface area (Å²) in [6, 6.07) is 7.32. The summed E-state index contributed by atoms with van der Waals surface area (Å²) in [5, 5.41) is 5.29. The second-order valence-corrected chi connectivity index (χ2v) is 11.1. The van der Waals surface area contributed by atoms with Crippen molar-refractivity contribution in [1.29, 1.82) is 0 Å². The largest absolute Gasteiger partial charge is 0.368 e. The number of hydrogen-bond acceptors (Lipinski definition) is 6. The third-order valence-electron chi connectivity index (χ3n) is 7.65. The van der Waals surface area contributed by atoms with Crippen molar-refractivity contribution in [3.05, 3.63) is 35.9 Å². The minimum atomic E-state index is -0.880. The molecule has 214 valence electrons. The van der Waals surface area contributed by atoms with Crippen LogP contribution in [0.2, 0.25) is 0 Å². The number of carbonyl (C=O) groups excluding carboxylic acids is 5. The quantitative estimate of drug-likeness (QED) is 0.325. The molecule has 2 fully saturated rings. The molecule has 1 aromatic carbocycles. The topological polar surface area (TPSA) is 168 Å². The van der Waals surface area contributed by atoms with Gasteiger partial charge in [0.1, 0.15) is 12.1 Å². The molecular formula is C28H42N6O5. The van der Waals surface area contributed by atoms with Gasteiger partial charge in [-0.3, -0.25) is 24.0 Å². The summed E-state index contributed by atoms with van der Waals surface area (Å²) in [5.41, 5.74) is 10.9. The molecule has 2 aliphatic rings. The van der Waals surface area contributed by atoms with Crippen LogP contribution in [-0.4, -0.2) is 83.6 Å². The Balaban J connectivity index is 1.82. The van der Waals surface area contributed by atoms with Crippen molar-refractivity contribution in [2.24, 2.45) is 17.4 Å². The summed E-state index contributed by atoms with van der Waals surface area (Å²) in [5.74, 6) is -1.75. The van der Waals surface area contributed by atoms with Gasteiger partial charge in [0.25, 0.3) is 0 Å². The summed E-state index contributed by atoms with van der Waals surface area (Å²) < 4.78 is 0. The Morgan fingerprint density at radius 2 is 1.67 bits per heavy atom. The molecule has 2 heterocycles. The van der Waals surface area contributed by atoms with Crippen molar-refractivity contribution in [2.75, 3.05) is 26.2 Å². The molecule has 3 rings (SSSR count). The third kappa shape index (κ3) is 7.14. The Hall–Kier alpha value is -3.47. The van der Waals surface area contributed by atoms with Crippen molar-refractivity contribution in [1.82, 2.24) is 20.4 Å². The minimum absolute atomic E-state index is 0.0985. The highest BCUT2D eigenvalue weighted by atomic mass is 16.2. The fraction of sp³-hybridized carbons (Fsp3) is 0.607. The van der Waals surface area contributed by atoms with E-state index in [-0.39, 0.29) is 24.3 Å². The predicted octanol–water partition coefficient (Wildman–Crippen LogP) is 0.0174. The maximum absolute atomic E-state index is 14.3. The van der Waals surface area contributed by atoms with E-state index in [2.05, 4.69) is 10.6 Å². The highest BCUT2D eigenvalue weighted by Gasteiger charge is 2.49. The average molecular weight is 543 g/mol. The number of rotatable bonds is 10. The van der Waals surface area contributed by atoms with E-state index in [0.717, 1.165) is 5.56 Å². The Bertz CT molecular complexity index is 1050. The van der Waals surface area contributed by atoms with Gasteiger partial charge in [-0.25, -0.2) is 0 Å². The van der Waals surface area contributed by atoms with Crippen LogP contribution in [0.1, 0.15) is 58.4 Å². The number of piperidine rings is 1. The van der Waals surface area contributed by atoms with E-state index in [4.69, 9.17) is 11.5 Å². The molecule has 3 atom stereocenters. The molecule has 2 saturated heterocycles. The first kappa shape index (κ1) is 30.1. The SMILES string of the molecule is CC(C)C[C@@H](NC(=O)[C@@H]1CCCN1C(=O)C1(c2ccccc2)CCN(C(=O)[C@@H](C)N)CC1)C(=O)NCC(N)=O. The first-order valence-corrected chi connectivity index (χ1v) is 13.7. The van der Waals surface area contributed by atoms with E-state index in [1.165, 1.54) is 0 Å². The van der Waals surface area contributed by atoms with Crippen LogP contribution in [0, 0.1) is 5.92 Å². The lowest BCUT2D eigenvalue weighted by Crippen LogP contribution is -2.59. The van der Waals surface area contributed by atoms with Gasteiger partial charge in [0.2, 0.25) is 29.5 Å². The Labute approximate surface area is 230 Å². The number of nitrogens with one attached hydrogen (secondary N) is 2. The van der Waals surface area contributed by atoms with Crippen LogP contribution in [0.5, 0.6) is 0 Å². The molecule has 0 aromatic heterocycles. The first-order valence-electron chi connectivity index (χ1n) is 13.7. The Morgan fingerprint density at radius 1 is 1.03 bits per heavy atom. The molecule has 39 heavy (non-hydrogen) atoms. The molecule has 1 aromatic rings. The molecule has 6 N–H and O–H groups in total. The van der Waals surface area contributed by atoms with Crippen LogP contribution in [0.3, 0.4) is 0 Å². The van der Waals surface area contributed by atoms with Crippen LogP contribution in [0.25, 0.3) is 0 Å². The van der Waals surface area contributed by atoms with Gasteiger partial charge in [-0.15, -0.1) is 0 Å². The fourth-order valence-corrected chi connectivity index (χ4v) is 5.61. The molecule has 11 nitrogen and oxygen atoms in total.